The van der Waals surface area contributed by atoms with Crippen LogP contribution in [-0.2, 0) is 9.59 Å². The Hall–Kier alpha value is -2.20. The van der Waals surface area contributed by atoms with Gasteiger partial charge in [-0.1, -0.05) is 42.8 Å². The van der Waals surface area contributed by atoms with E-state index >= 15 is 0 Å². The molecule has 0 radical (unpaired) electrons. The Bertz CT molecular complexity index is 775. The third-order valence-electron chi connectivity index (χ3n) is 5.34. The van der Waals surface area contributed by atoms with Gasteiger partial charge in [0.25, 0.3) is 5.91 Å². The Morgan fingerprint density at radius 2 is 1.67 bits per heavy atom. The zero-order valence-electron chi connectivity index (χ0n) is 13.8. The third kappa shape index (κ3) is 2.71. The van der Waals surface area contributed by atoms with E-state index in [2.05, 4.69) is 5.32 Å². The van der Waals surface area contributed by atoms with Gasteiger partial charge in [0.1, 0.15) is 0 Å². The van der Waals surface area contributed by atoms with E-state index in [0.717, 1.165) is 29.3 Å². The number of carbonyl (C=O) groups excluding carboxylic acids is 2. The number of fused-ring (bicyclic) bond motifs is 1. The van der Waals surface area contributed by atoms with Gasteiger partial charge in [0.2, 0.25) is 5.91 Å². The molecule has 2 fully saturated rings. The summed E-state index contributed by atoms with van der Waals surface area (Å²) >= 11 is 0. The molecule has 0 aromatic heterocycles. The summed E-state index contributed by atoms with van der Waals surface area (Å²) < 4.78 is 0. The minimum absolute atomic E-state index is 0.0538. The lowest BCUT2D eigenvalue weighted by molar-refractivity contribution is -0.710. The van der Waals surface area contributed by atoms with Gasteiger partial charge >= 0.3 is 0 Å². The lowest BCUT2D eigenvalue weighted by atomic mass is 9.95. The van der Waals surface area contributed by atoms with E-state index in [1.165, 1.54) is 24.2 Å². The van der Waals surface area contributed by atoms with Crippen LogP contribution in [0.1, 0.15) is 38.5 Å². The fraction of sp³-hybridized carbons (Fsp3) is 0.400. The number of hydrogen-bond acceptors (Lipinski definition) is 2. The molecule has 1 heterocycles. The normalized spacial score (nSPS) is 22.5. The summed E-state index contributed by atoms with van der Waals surface area (Å²) in [7, 11) is 0. The minimum Gasteiger partial charge on any atom is -0.333 e. The summed E-state index contributed by atoms with van der Waals surface area (Å²) in [5, 5.41) is 4.17. The lowest BCUT2D eigenvalue weighted by Gasteiger charge is -2.22. The third-order valence-corrected chi connectivity index (χ3v) is 5.34. The molecule has 0 bridgehead atoms. The van der Waals surface area contributed by atoms with Gasteiger partial charge in [0.05, 0.1) is 18.2 Å². The fourth-order valence-corrected chi connectivity index (χ4v) is 4.12. The maximum atomic E-state index is 12.9. The zero-order chi connectivity index (χ0) is 16.5. The van der Waals surface area contributed by atoms with Gasteiger partial charge in [-0.2, -0.15) is 0 Å². The van der Waals surface area contributed by atoms with Crippen LogP contribution in [0.2, 0.25) is 0 Å². The maximum Gasteiger partial charge on any atom is 0.292 e. The number of benzene rings is 2. The number of anilines is 1. The average molecular weight is 323 g/mol. The smallest absolute Gasteiger partial charge is 0.292 e. The van der Waals surface area contributed by atoms with E-state index in [-0.39, 0.29) is 17.9 Å². The van der Waals surface area contributed by atoms with E-state index in [9.17, 15) is 9.59 Å². The summed E-state index contributed by atoms with van der Waals surface area (Å²) in [5.74, 6) is -0.129. The van der Waals surface area contributed by atoms with E-state index in [0.29, 0.717) is 12.5 Å². The average Bonchev–Trinajstić information content (AvgIpc) is 2.89. The first-order chi connectivity index (χ1) is 11.7. The monoisotopic (exact) mass is 323 g/mol. The standard InChI is InChI=1S/C20H22N2O2/c23-19-13-17(21-15-9-2-1-3-10-15)20(24)22(19)18-12-6-8-14-7-4-5-11-16(14)18/h4-8,11-12,15,17,21H,1-3,9-10,13H2/p+1/t17-/m0/s1. The number of nitrogens with two attached hydrogens (primary N) is 1. The molecule has 0 unspecified atom stereocenters. The van der Waals surface area contributed by atoms with Crippen LogP contribution in [0, 0.1) is 0 Å². The van der Waals surface area contributed by atoms with Crippen LogP contribution in [0.15, 0.2) is 42.5 Å². The molecule has 1 saturated carbocycles. The highest BCUT2D eigenvalue weighted by atomic mass is 16.2. The molecule has 2 aromatic rings. The highest BCUT2D eigenvalue weighted by Crippen LogP contribution is 2.30. The minimum atomic E-state index is -0.250. The zero-order valence-corrected chi connectivity index (χ0v) is 13.8. The van der Waals surface area contributed by atoms with E-state index in [1.54, 1.807) is 0 Å². The van der Waals surface area contributed by atoms with E-state index in [4.69, 9.17) is 0 Å². The number of imide groups is 1. The highest BCUT2D eigenvalue weighted by molar-refractivity contribution is 6.24. The van der Waals surface area contributed by atoms with Crippen molar-refractivity contribution in [2.75, 3.05) is 4.90 Å². The first-order valence-electron chi connectivity index (χ1n) is 8.93. The van der Waals surface area contributed by atoms with Crippen LogP contribution in [0.4, 0.5) is 5.69 Å². The van der Waals surface area contributed by atoms with Crippen molar-refractivity contribution in [2.45, 2.75) is 50.6 Å². The van der Waals surface area contributed by atoms with E-state index in [1.807, 2.05) is 42.5 Å². The topological polar surface area (TPSA) is 54.0 Å². The molecule has 1 saturated heterocycles. The summed E-state index contributed by atoms with van der Waals surface area (Å²) in [6.45, 7) is 0. The second-order valence-electron chi connectivity index (χ2n) is 6.97. The second kappa shape index (κ2) is 6.36. The quantitative estimate of drug-likeness (QED) is 0.882. The summed E-state index contributed by atoms with van der Waals surface area (Å²) in [6, 6.07) is 13.9. The SMILES string of the molecule is O=C1C[C@H]([NH2+]C2CCCCC2)C(=O)N1c1cccc2ccccc12. The first-order valence-corrected chi connectivity index (χ1v) is 8.93. The van der Waals surface area contributed by atoms with Gasteiger partial charge in [-0.15, -0.1) is 0 Å². The van der Waals surface area contributed by atoms with Crippen LogP contribution in [0.25, 0.3) is 10.8 Å². The van der Waals surface area contributed by atoms with Crippen molar-refractivity contribution in [3.05, 3.63) is 42.5 Å². The fourth-order valence-electron chi connectivity index (χ4n) is 4.12. The molecule has 4 rings (SSSR count). The van der Waals surface area contributed by atoms with Crippen molar-refractivity contribution in [3.63, 3.8) is 0 Å². The Kier molecular flexibility index (Phi) is 4.07. The number of amides is 2. The molecular formula is C20H23N2O2+. The molecule has 4 heteroatoms. The first kappa shape index (κ1) is 15.3. The molecule has 1 aliphatic carbocycles. The predicted octanol–water partition coefficient (Wildman–Crippen LogP) is 2.37. The molecule has 2 aliphatic rings. The van der Waals surface area contributed by atoms with Gasteiger partial charge < -0.3 is 5.32 Å². The van der Waals surface area contributed by atoms with Crippen LogP contribution in [0.5, 0.6) is 0 Å². The number of hydrogen-bond donors (Lipinski definition) is 1. The van der Waals surface area contributed by atoms with E-state index < -0.39 is 0 Å². The van der Waals surface area contributed by atoms with Crippen molar-refractivity contribution in [2.24, 2.45) is 0 Å². The lowest BCUT2D eigenvalue weighted by Crippen LogP contribution is -2.96. The van der Waals surface area contributed by atoms with Crippen molar-refractivity contribution in [1.29, 1.82) is 0 Å². The van der Waals surface area contributed by atoms with Gasteiger partial charge in [0.15, 0.2) is 6.04 Å². The molecule has 2 aromatic carbocycles. The van der Waals surface area contributed by atoms with Crippen LogP contribution < -0.4 is 10.2 Å². The largest absolute Gasteiger partial charge is 0.333 e. The molecule has 4 nitrogen and oxygen atoms in total. The van der Waals surface area contributed by atoms with Crippen molar-refractivity contribution in [1.82, 2.24) is 0 Å². The molecular weight excluding hydrogens is 300 g/mol. The molecule has 1 aliphatic heterocycles. The number of nitrogens with zero attached hydrogens (tertiary/aromatic N) is 1. The Morgan fingerprint density at radius 1 is 0.917 bits per heavy atom. The van der Waals surface area contributed by atoms with Crippen LogP contribution >= 0.6 is 0 Å². The second-order valence-corrected chi connectivity index (χ2v) is 6.97. The Labute approximate surface area is 141 Å². The Morgan fingerprint density at radius 3 is 2.50 bits per heavy atom. The summed E-state index contributed by atoms with van der Waals surface area (Å²) in [6.07, 6.45) is 6.41. The maximum absolute atomic E-state index is 12.9. The predicted molar refractivity (Wildman–Crippen MR) is 93.6 cm³/mol. The number of carbonyl (C=O) groups is 2. The number of quaternary nitrogens is 1. The van der Waals surface area contributed by atoms with Crippen LogP contribution in [0.3, 0.4) is 0 Å². The molecule has 1 atom stereocenters. The van der Waals surface area contributed by atoms with Crippen molar-refractivity contribution < 1.29 is 14.9 Å². The molecule has 0 spiro atoms. The highest BCUT2D eigenvalue weighted by Gasteiger charge is 2.43. The van der Waals surface area contributed by atoms with Gasteiger partial charge in [-0.05, 0) is 37.1 Å². The van der Waals surface area contributed by atoms with Crippen LogP contribution in [-0.4, -0.2) is 23.9 Å². The summed E-state index contributed by atoms with van der Waals surface area (Å²) in [4.78, 5) is 26.9. The van der Waals surface area contributed by atoms with Crippen molar-refractivity contribution >= 4 is 28.3 Å². The molecule has 2 N–H and O–H groups in total. The summed E-state index contributed by atoms with van der Waals surface area (Å²) in [5.41, 5.74) is 0.725. The van der Waals surface area contributed by atoms with Crippen molar-refractivity contribution in [3.8, 4) is 0 Å². The molecule has 2 amide bonds. The van der Waals surface area contributed by atoms with Gasteiger partial charge in [-0.3, -0.25) is 9.59 Å². The Balaban J connectivity index is 1.61. The van der Waals surface area contributed by atoms with Gasteiger partial charge in [-0.25, -0.2) is 4.90 Å². The number of rotatable bonds is 3. The molecule has 124 valence electrons. The van der Waals surface area contributed by atoms with Gasteiger partial charge in [0, 0.05) is 5.39 Å². The molecule has 24 heavy (non-hydrogen) atoms.